The van der Waals surface area contributed by atoms with E-state index in [0.29, 0.717) is 11.1 Å². The molecule has 1 aliphatic carbocycles. The lowest BCUT2D eigenvalue weighted by atomic mass is 9.90. The van der Waals surface area contributed by atoms with E-state index in [-0.39, 0.29) is 23.4 Å². The van der Waals surface area contributed by atoms with Crippen LogP contribution in [0.1, 0.15) is 37.8 Å². The second-order valence-corrected chi connectivity index (χ2v) is 7.09. The lowest BCUT2D eigenvalue weighted by molar-refractivity contribution is -0.129. The first-order valence-electron chi connectivity index (χ1n) is 9.66. The number of allylic oxidation sites excluding steroid dienone is 2. The number of hydrogen-bond donors (Lipinski definition) is 0. The van der Waals surface area contributed by atoms with Crippen molar-refractivity contribution in [2.45, 2.75) is 5.92 Å². The molecule has 0 aliphatic heterocycles. The van der Waals surface area contributed by atoms with Crippen molar-refractivity contribution in [3.05, 3.63) is 119 Å². The van der Waals surface area contributed by atoms with E-state index in [4.69, 9.17) is 0 Å². The van der Waals surface area contributed by atoms with Gasteiger partial charge >= 0.3 is 0 Å². The molecule has 1 aliphatic rings. The van der Waals surface area contributed by atoms with Crippen LogP contribution in [0.3, 0.4) is 0 Å². The number of ketones is 2. The van der Waals surface area contributed by atoms with Crippen molar-refractivity contribution >= 4 is 17.5 Å². The van der Waals surface area contributed by atoms with Gasteiger partial charge < -0.3 is 4.90 Å². The Morgan fingerprint density at radius 3 is 1.37 bits per heavy atom. The summed E-state index contributed by atoms with van der Waals surface area (Å²) in [6, 6.07) is 26.6. The third-order valence-electron chi connectivity index (χ3n) is 4.80. The minimum Gasteiger partial charge on any atom is -0.348 e. The van der Waals surface area contributed by atoms with Crippen LogP contribution in [0.5, 0.6) is 0 Å². The smallest absolute Gasteiger partial charge is 0.234 e. The first kappa shape index (κ1) is 20.9. The van der Waals surface area contributed by atoms with E-state index in [0.717, 1.165) is 11.1 Å². The number of carbonyl (C=O) groups is 3. The summed E-state index contributed by atoms with van der Waals surface area (Å²) in [5.74, 6) is -0.301. The topological polar surface area (TPSA) is 54.5 Å². The quantitative estimate of drug-likeness (QED) is 0.653. The predicted octanol–water partition coefficient (Wildman–Crippen LogP) is 4.53. The molecule has 0 spiro atoms. The van der Waals surface area contributed by atoms with Crippen LogP contribution in [-0.4, -0.2) is 36.5 Å². The second-order valence-electron chi connectivity index (χ2n) is 7.09. The summed E-state index contributed by atoms with van der Waals surface area (Å²) in [5.41, 5.74) is 3.07. The zero-order valence-corrected chi connectivity index (χ0v) is 17.0. The van der Waals surface area contributed by atoms with Gasteiger partial charge in [0.1, 0.15) is 0 Å². The molecule has 4 rings (SSSR count). The van der Waals surface area contributed by atoms with Gasteiger partial charge in [-0.3, -0.25) is 14.4 Å². The lowest BCUT2D eigenvalue weighted by Crippen LogP contribution is -2.28. The van der Waals surface area contributed by atoms with E-state index >= 15 is 0 Å². The van der Waals surface area contributed by atoms with Crippen LogP contribution in [0.4, 0.5) is 0 Å². The fourth-order valence-electron chi connectivity index (χ4n) is 3.27. The number of fused-ring (bicyclic) bond motifs is 1. The Morgan fingerprint density at radius 2 is 1.00 bits per heavy atom. The molecule has 3 aromatic rings. The van der Waals surface area contributed by atoms with Gasteiger partial charge in [0.15, 0.2) is 11.6 Å². The van der Waals surface area contributed by atoms with E-state index in [2.05, 4.69) is 0 Å². The molecular formula is C26H23NO3. The number of carbonyl (C=O) groups excluding carboxylic acids is 3. The number of likely N-dealkylation sites (N-methyl/N-ethyl adjacent to an activating group) is 1. The Morgan fingerprint density at radius 1 is 0.633 bits per heavy atom. The zero-order chi connectivity index (χ0) is 21.5. The average molecular weight is 397 g/mol. The van der Waals surface area contributed by atoms with Crippen LogP contribution in [0.25, 0.3) is 0 Å². The van der Waals surface area contributed by atoms with E-state index in [1.807, 2.05) is 60.7 Å². The first-order valence-corrected chi connectivity index (χ1v) is 9.66. The van der Waals surface area contributed by atoms with Gasteiger partial charge in [0.25, 0.3) is 0 Å². The summed E-state index contributed by atoms with van der Waals surface area (Å²) < 4.78 is 0. The molecule has 0 aromatic heterocycles. The van der Waals surface area contributed by atoms with Crippen LogP contribution in [0.15, 0.2) is 97.1 Å². The second kappa shape index (κ2) is 9.61. The van der Waals surface area contributed by atoms with Gasteiger partial charge in [0.2, 0.25) is 5.91 Å². The van der Waals surface area contributed by atoms with Crippen molar-refractivity contribution in [2.75, 3.05) is 14.1 Å². The number of rotatable bonds is 3. The van der Waals surface area contributed by atoms with Gasteiger partial charge in [-0.2, -0.15) is 0 Å². The molecule has 0 atom stereocenters. The van der Waals surface area contributed by atoms with E-state index in [1.54, 1.807) is 43.3 Å². The molecule has 3 aromatic carbocycles. The highest BCUT2D eigenvalue weighted by atomic mass is 16.2. The molecule has 4 heteroatoms. The van der Waals surface area contributed by atoms with Gasteiger partial charge in [-0.1, -0.05) is 84.9 Å². The van der Waals surface area contributed by atoms with Crippen LogP contribution >= 0.6 is 0 Å². The molecule has 0 heterocycles. The van der Waals surface area contributed by atoms with Crippen molar-refractivity contribution in [1.29, 1.82) is 0 Å². The van der Waals surface area contributed by atoms with Crippen molar-refractivity contribution in [3.8, 4) is 0 Å². The molecule has 1 amide bonds. The molecule has 0 radical (unpaired) electrons. The molecule has 0 unspecified atom stereocenters. The molecular weight excluding hydrogens is 374 g/mol. The Balaban J connectivity index is 0.000000184. The summed E-state index contributed by atoms with van der Waals surface area (Å²) in [6.45, 7) is 0. The molecule has 0 saturated heterocycles. The van der Waals surface area contributed by atoms with Crippen LogP contribution in [-0.2, 0) is 4.79 Å². The minimum absolute atomic E-state index is 0.0924. The largest absolute Gasteiger partial charge is 0.348 e. The Hall–Kier alpha value is -3.79. The number of benzene rings is 3. The van der Waals surface area contributed by atoms with Crippen molar-refractivity contribution in [3.63, 3.8) is 0 Å². The van der Waals surface area contributed by atoms with Gasteiger partial charge in [-0.25, -0.2) is 0 Å². The Kier molecular flexibility index (Phi) is 6.71. The summed E-state index contributed by atoms with van der Waals surface area (Å²) in [6.07, 6.45) is 2.62. The van der Waals surface area contributed by atoms with Crippen LogP contribution in [0, 0.1) is 0 Å². The first-order chi connectivity index (χ1) is 14.5. The number of amides is 1. The van der Waals surface area contributed by atoms with E-state index in [9.17, 15) is 14.4 Å². The SMILES string of the molecule is CN(C)C(=O)C(c1ccccc1)c1ccccc1.O=C1C=CC(=O)c2ccccc21. The van der Waals surface area contributed by atoms with Crippen LogP contribution in [0.2, 0.25) is 0 Å². The van der Waals surface area contributed by atoms with Crippen LogP contribution < -0.4 is 0 Å². The standard InChI is InChI=1S/C16H17NO.C10H6O2/c1-17(2)16(18)15(13-9-5-3-6-10-13)14-11-7-4-8-12-14;11-9-5-6-10(12)8-4-2-1-3-7(8)9/h3-12,15H,1-2H3;1-6H. The predicted molar refractivity (Wildman–Crippen MR) is 118 cm³/mol. The molecule has 4 nitrogen and oxygen atoms in total. The minimum atomic E-state index is -0.220. The fourth-order valence-corrected chi connectivity index (χ4v) is 3.27. The number of nitrogens with zero attached hydrogens (tertiary/aromatic N) is 1. The molecule has 30 heavy (non-hydrogen) atoms. The van der Waals surface area contributed by atoms with Crippen molar-refractivity contribution < 1.29 is 14.4 Å². The van der Waals surface area contributed by atoms with E-state index < -0.39 is 0 Å². The monoisotopic (exact) mass is 397 g/mol. The highest BCUT2D eigenvalue weighted by molar-refractivity contribution is 6.21. The highest BCUT2D eigenvalue weighted by Crippen LogP contribution is 2.26. The molecule has 0 N–H and O–H groups in total. The van der Waals surface area contributed by atoms with Gasteiger partial charge in [0, 0.05) is 25.2 Å². The maximum Gasteiger partial charge on any atom is 0.234 e. The molecule has 0 saturated carbocycles. The normalized spacial score (nSPS) is 12.1. The van der Waals surface area contributed by atoms with Gasteiger partial charge in [0.05, 0.1) is 5.92 Å². The third-order valence-corrected chi connectivity index (χ3v) is 4.80. The zero-order valence-electron chi connectivity index (χ0n) is 17.0. The lowest BCUT2D eigenvalue weighted by Gasteiger charge is -2.21. The average Bonchev–Trinajstić information content (AvgIpc) is 2.78. The summed E-state index contributed by atoms with van der Waals surface area (Å²) >= 11 is 0. The summed E-state index contributed by atoms with van der Waals surface area (Å²) in [5, 5.41) is 0. The highest BCUT2D eigenvalue weighted by Gasteiger charge is 2.23. The maximum atomic E-state index is 12.4. The van der Waals surface area contributed by atoms with Gasteiger partial charge in [-0.05, 0) is 23.3 Å². The van der Waals surface area contributed by atoms with Crippen molar-refractivity contribution in [2.24, 2.45) is 0 Å². The third kappa shape index (κ3) is 4.78. The van der Waals surface area contributed by atoms with E-state index in [1.165, 1.54) is 12.2 Å². The Bertz CT molecular complexity index is 993. The summed E-state index contributed by atoms with van der Waals surface area (Å²) in [4.78, 5) is 36.4. The molecule has 0 bridgehead atoms. The maximum absolute atomic E-state index is 12.4. The Labute approximate surface area is 176 Å². The molecule has 0 fully saturated rings. The fraction of sp³-hybridized carbons (Fsp3) is 0.115. The summed E-state index contributed by atoms with van der Waals surface area (Å²) in [7, 11) is 3.59. The van der Waals surface area contributed by atoms with Crippen molar-refractivity contribution in [1.82, 2.24) is 4.90 Å². The number of hydrogen-bond acceptors (Lipinski definition) is 3. The molecule has 150 valence electrons. The van der Waals surface area contributed by atoms with Gasteiger partial charge in [-0.15, -0.1) is 0 Å².